The zero-order valence-electron chi connectivity index (χ0n) is 15.7. The molecule has 0 saturated carbocycles. The van der Waals surface area contributed by atoms with Crippen LogP contribution in [0.4, 0.5) is 11.0 Å². The fourth-order valence-corrected chi connectivity index (χ4v) is 3.70. The summed E-state index contributed by atoms with van der Waals surface area (Å²) in [6.07, 6.45) is 0.703. The van der Waals surface area contributed by atoms with Gasteiger partial charge >= 0.3 is 5.88 Å². The first-order chi connectivity index (χ1) is 13.4. The minimum absolute atomic E-state index is 0.0947. The number of amides is 1. The molecule has 0 aliphatic heterocycles. The molecule has 9 nitrogen and oxygen atoms in total. The predicted molar refractivity (Wildman–Crippen MR) is 106 cm³/mol. The average molecular weight is 404 g/mol. The lowest BCUT2D eigenvalue weighted by atomic mass is 10.3. The molecule has 3 rings (SSSR count). The summed E-state index contributed by atoms with van der Waals surface area (Å²) in [5.74, 6) is -0.412. The minimum atomic E-state index is -0.671. The second-order valence-electron chi connectivity index (χ2n) is 6.31. The van der Waals surface area contributed by atoms with Crippen molar-refractivity contribution in [1.82, 2.24) is 9.88 Å². The second kappa shape index (κ2) is 8.36. The predicted octanol–water partition coefficient (Wildman–Crippen LogP) is 3.40. The molecule has 2 aromatic heterocycles. The van der Waals surface area contributed by atoms with Crippen LogP contribution in [0.15, 0.2) is 34.7 Å². The molecule has 0 atom stereocenters. The number of methoxy groups -OCH3 is 1. The van der Waals surface area contributed by atoms with Crippen molar-refractivity contribution in [2.75, 3.05) is 39.2 Å². The Morgan fingerprint density at radius 2 is 2.07 bits per heavy atom. The third-order valence-corrected chi connectivity index (χ3v) is 5.08. The summed E-state index contributed by atoms with van der Waals surface area (Å²) >= 11 is 1.35. The first kappa shape index (κ1) is 19.8. The van der Waals surface area contributed by atoms with Crippen molar-refractivity contribution in [2.24, 2.45) is 0 Å². The zero-order valence-corrected chi connectivity index (χ0v) is 16.6. The van der Waals surface area contributed by atoms with Gasteiger partial charge in [-0.3, -0.25) is 19.8 Å². The van der Waals surface area contributed by atoms with Gasteiger partial charge in [0.1, 0.15) is 16.2 Å². The highest BCUT2D eigenvalue weighted by atomic mass is 32.1. The van der Waals surface area contributed by atoms with Crippen molar-refractivity contribution >= 4 is 38.5 Å². The van der Waals surface area contributed by atoms with E-state index in [9.17, 15) is 14.9 Å². The van der Waals surface area contributed by atoms with Crippen molar-refractivity contribution < 1.29 is 18.9 Å². The number of benzene rings is 1. The van der Waals surface area contributed by atoms with E-state index in [-0.39, 0.29) is 5.76 Å². The molecule has 0 saturated heterocycles. The maximum Gasteiger partial charge on any atom is 0.433 e. The Hall–Kier alpha value is -2.98. The number of ether oxygens (including phenoxy) is 1. The molecule has 0 bridgehead atoms. The molecule has 0 N–H and O–H groups in total. The van der Waals surface area contributed by atoms with Gasteiger partial charge in [-0.05, 0) is 45.3 Å². The Bertz CT molecular complexity index is 997. The summed E-state index contributed by atoms with van der Waals surface area (Å²) in [5, 5.41) is 11.4. The molecule has 28 heavy (non-hydrogen) atoms. The molecule has 1 amide bonds. The molecule has 0 radical (unpaired) electrons. The number of thiazole rings is 1. The van der Waals surface area contributed by atoms with Gasteiger partial charge in [0.2, 0.25) is 0 Å². The standard InChI is InChI=1S/C18H20N4O5S/c1-20(2)10-5-11-21(17(23)13-8-9-15(27-13)22(24)25)18-19-16-12(26-3)6-4-7-14(16)28-18/h4,6-9H,5,10-11H2,1-3H3. The van der Waals surface area contributed by atoms with Gasteiger partial charge in [-0.25, -0.2) is 4.98 Å². The lowest BCUT2D eigenvalue weighted by molar-refractivity contribution is -0.402. The Kier molecular flexibility index (Phi) is 5.90. The van der Waals surface area contributed by atoms with E-state index in [4.69, 9.17) is 9.15 Å². The monoisotopic (exact) mass is 404 g/mol. The van der Waals surface area contributed by atoms with Crippen LogP contribution in [0.5, 0.6) is 5.75 Å². The van der Waals surface area contributed by atoms with Gasteiger partial charge in [-0.15, -0.1) is 0 Å². The first-order valence-electron chi connectivity index (χ1n) is 8.55. The molecule has 0 fully saturated rings. The third kappa shape index (κ3) is 4.12. The maximum atomic E-state index is 13.0. The number of para-hydroxylation sites is 1. The maximum absolute atomic E-state index is 13.0. The summed E-state index contributed by atoms with van der Waals surface area (Å²) in [7, 11) is 5.46. The highest BCUT2D eigenvalue weighted by Crippen LogP contribution is 2.35. The molecule has 2 heterocycles. The van der Waals surface area contributed by atoms with Crippen LogP contribution in [0.25, 0.3) is 10.2 Å². The number of nitrogens with zero attached hydrogens (tertiary/aromatic N) is 4. The number of anilines is 1. The average Bonchev–Trinajstić information content (AvgIpc) is 3.31. The van der Waals surface area contributed by atoms with Crippen LogP contribution in [0, 0.1) is 10.1 Å². The number of furan rings is 1. The molecule has 0 unspecified atom stereocenters. The summed E-state index contributed by atoms with van der Waals surface area (Å²) < 4.78 is 11.3. The number of hydrogen-bond donors (Lipinski definition) is 0. The van der Waals surface area contributed by atoms with Crippen molar-refractivity contribution in [2.45, 2.75) is 6.42 Å². The lowest BCUT2D eigenvalue weighted by Crippen LogP contribution is -2.33. The molecule has 0 aliphatic rings. The largest absolute Gasteiger partial charge is 0.494 e. The Labute approximate surface area is 165 Å². The SMILES string of the molecule is COc1cccc2sc(N(CCCN(C)C)C(=O)c3ccc([N+](=O)[O-])o3)nc12. The number of nitro groups is 1. The quantitative estimate of drug-likeness (QED) is 0.419. The number of carbonyl (C=O) groups is 1. The normalized spacial score (nSPS) is 11.1. The second-order valence-corrected chi connectivity index (χ2v) is 7.32. The van der Waals surface area contributed by atoms with Crippen molar-refractivity contribution in [3.63, 3.8) is 0 Å². The molecule has 1 aromatic carbocycles. The lowest BCUT2D eigenvalue weighted by Gasteiger charge is -2.19. The van der Waals surface area contributed by atoms with Crippen LogP contribution in [0.2, 0.25) is 0 Å². The fraction of sp³-hybridized carbons (Fsp3) is 0.333. The smallest absolute Gasteiger partial charge is 0.433 e. The van der Waals surface area contributed by atoms with E-state index in [0.29, 0.717) is 29.4 Å². The first-order valence-corrected chi connectivity index (χ1v) is 9.36. The number of aromatic nitrogens is 1. The van der Waals surface area contributed by atoms with E-state index in [1.54, 1.807) is 13.2 Å². The van der Waals surface area contributed by atoms with Gasteiger partial charge < -0.3 is 14.1 Å². The van der Waals surface area contributed by atoms with Crippen LogP contribution < -0.4 is 9.64 Å². The van der Waals surface area contributed by atoms with Crippen LogP contribution in [0.3, 0.4) is 0 Å². The minimum Gasteiger partial charge on any atom is -0.494 e. The Morgan fingerprint density at radius 1 is 1.29 bits per heavy atom. The van der Waals surface area contributed by atoms with E-state index < -0.39 is 16.7 Å². The van der Waals surface area contributed by atoms with E-state index in [1.807, 2.05) is 31.1 Å². The topological polar surface area (TPSA) is 102 Å². The number of carbonyl (C=O) groups excluding carboxylic acids is 1. The van der Waals surface area contributed by atoms with Gasteiger partial charge in [-0.1, -0.05) is 17.4 Å². The van der Waals surface area contributed by atoms with Gasteiger partial charge in [0, 0.05) is 6.54 Å². The molecule has 148 valence electrons. The number of fused-ring (bicyclic) bond motifs is 1. The summed E-state index contributed by atoms with van der Waals surface area (Å²) in [4.78, 5) is 31.3. The van der Waals surface area contributed by atoms with Gasteiger partial charge in [0.15, 0.2) is 10.9 Å². The summed E-state index contributed by atoms with van der Waals surface area (Å²) in [5.41, 5.74) is 0.667. The molecule has 3 aromatic rings. The zero-order chi connectivity index (χ0) is 20.3. The van der Waals surface area contributed by atoms with Crippen molar-refractivity contribution in [1.29, 1.82) is 0 Å². The van der Waals surface area contributed by atoms with E-state index >= 15 is 0 Å². The van der Waals surface area contributed by atoms with Gasteiger partial charge in [-0.2, -0.15) is 0 Å². The van der Waals surface area contributed by atoms with E-state index in [1.165, 1.54) is 28.4 Å². The Morgan fingerprint density at radius 3 is 2.71 bits per heavy atom. The fourth-order valence-electron chi connectivity index (χ4n) is 2.69. The summed E-state index contributed by atoms with van der Waals surface area (Å²) in [6.45, 7) is 1.17. The molecule has 10 heteroatoms. The van der Waals surface area contributed by atoms with Crippen LogP contribution in [-0.2, 0) is 0 Å². The van der Waals surface area contributed by atoms with Crippen LogP contribution in [0.1, 0.15) is 17.0 Å². The van der Waals surface area contributed by atoms with E-state index in [0.717, 1.165) is 11.2 Å². The molecule has 0 spiro atoms. The number of hydrogen-bond acceptors (Lipinski definition) is 8. The summed E-state index contributed by atoms with van der Waals surface area (Å²) in [6, 6.07) is 8.05. The van der Waals surface area contributed by atoms with Crippen LogP contribution in [-0.4, -0.2) is 55.0 Å². The van der Waals surface area contributed by atoms with E-state index in [2.05, 4.69) is 4.98 Å². The molecule has 0 aliphatic carbocycles. The molecular weight excluding hydrogens is 384 g/mol. The van der Waals surface area contributed by atoms with Crippen molar-refractivity contribution in [3.8, 4) is 5.75 Å². The van der Waals surface area contributed by atoms with Crippen molar-refractivity contribution in [3.05, 3.63) is 46.2 Å². The Balaban J connectivity index is 1.96. The highest BCUT2D eigenvalue weighted by Gasteiger charge is 2.26. The third-order valence-electron chi connectivity index (χ3n) is 4.04. The number of rotatable bonds is 8. The molecular formula is C18H20N4O5S. The van der Waals surface area contributed by atoms with Crippen LogP contribution >= 0.6 is 11.3 Å². The van der Waals surface area contributed by atoms with Gasteiger partial charge in [0.05, 0.1) is 17.9 Å². The van der Waals surface area contributed by atoms with Gasteiger partial charge in [0.25, 0.3) is 5.91 Å². The highest BCUT2D eigenvalue weighted by molar-refractivity contribution is 7.22.